The predicted octanol–water partition coefficient (Wildman–Crippen LogP) is 1.94. The molecule has 2 atom stereocenters. The fourth-order valence-electron chi connectivity index (χ4n) is 3.98. The van der Waals surface area contributed by atoms with E-state index in [1.54, 1.807) is 14.2 Å². The summed E-state index contributed by atoms with van der Waals surface area (Å²) >= 11 is 0. The predicted molar refractivity (Wildman–Crippen MR) is 101 cm³/mol. The van der Waals surface area contributed by atoms with E-state index >= 15 is 0 Å². The zero-order chi connectivity index (χ0) is 19.0. The Labute approximate surface area is 157 Å². The third-order valence-corrected chi connectivity index (χ3v) is 5.28. The Bertz CT molecular complexity index is 995. The van der Waals surface area contributed by atoms with Gasteiger partial charge in [-0.3, -0.25) is 0 Å². The van der Waals surface area contributed by atoms with Gasteiger partial charge in [-0.05, 0) is 29.8 Å². The van der Waals surface area contributed by atoms with Gasteiger partial charge in [0.15, 0.2) is 12.1 Å². The lowest BCUT2D eigenvalue weighted by Gasteiger charge is -2.28. The van der Waals surface area contributed by atoms with Crippen LogP contribution in [-0.2, 0) is 16.0 Å². The highest BCUT2D eigenvalue weighted by Crippen LogP contribution is 2.36. The van der Waals surface area contributed by atoms with Gasteiger partial charge in [0.25, 0.3) is 0 Å². The molecule has 6 nitrogen and oxygen atoms in total. The van der Waals surface area contributed by atoms with Crippen molar-refractivity contribution in [3.05, 3.63) is 59.3 Å². The van der Waals surface area contributed by atoms with Crippen molar-refractivity contribution >= 4 is 16.9 Å². The second-order valence-electron chi connectivity index (χ2n) is 6.67. The van der Waals surface area contributed by atoms with Crippen LogP contribution in [0.15, 0.2) is 42.5 Å². The highest BCUT2D eigenvalue weighted by atomic mass is 16.5. The number of nitrogens with two attached hydrogens (primary N) is 1. The van der Waals surface area contributed by atoms with Crippen LogP contribution in [0, 0.1) is 0 Å². The highest BCUT2D eigenvalue weighted by molar-refractivity contribution is 5.86. The maximum Gasteiger partial charge on any atom is 0.364 e. The van der Waals surface area contributed by atoms with Gasteiger partial charge in [0.1, 0.15) is 11.5 Å². The van der Waals surface area contributed by atoms with Crippen molar-refractivity contribution in [1.29, 1.82) is 0 Å². The topological polar surface area (TPSA) is 77.2 Å². The monoisotopic (exact) mass is 367 g/mol. The molecule has 3 N–H and O–H groups in total. The number of fused-ring (bicyclic) bond motifs is 3. The lowest BCUT2D eigenvalue weighted by atomic mass is 9.90. The third-order valence-electron chi connectivity index (χ3n) is 5.28. The molecule has 2 heterocycles. The molecule has 0 saturated carbocycles. The van der Waals surface area contributed by atoms with Crippen molar-refractivity contribution in [3.63, 3.8) is 0 Å². The maximum atomic E-state index is 12.4. The molecule has 0 fully saturated rings. The van der Waals surface area contributed by atoms with E-state index in [9.17, 15) is 4.79 Å². The van der Waals surface area contributed by atoms with Gasteiger partial charge >= 0.3 is 5.97 Å². The number of aromatic amines is 1. The number of aromatic nitrogens is 1. The number of ether oxygens (including phenoxy) is 3. The van der Waals surface area contributed by atoms with E-state index in [-0.39, 0.29) is 18.1 Å². The molecule has 0 radical (unpaired) electrons. The molecule has 4 rings (SSSR count). The number of para-hydroxylation sites is 1. The van der Waals surface area contributed by atoms with E-state index in [4.69, 9.17) is 14.2 Å². The van der Waals surface area contributed by atoms with Crippen LogP contribution in [-0.4, -0.2) is 38.3 Å². The zero-order valence-corrected chi connectivity index (χ0v) is 15.6. The van der Waals surface area contributed by atoms with Crippen molar-refractivity contribution in [2.45, 2.75) is 18.5 Å². The summed E-state index contributed by atoms with van der Waals surface area (Å²) in [5.41, 5.74) is 4.26. The summed E-state index contributed by atoms with van der Waals surface area (Å²) in [6.07, 6.45) is 0.620. The van der Waals surface area contributed by atoms with E-state index in [1.807, 2.05) is 35.6 Å². The standard InChI is InChI=1S/C21H22N2O4/c1-25-12-8-9-18(26-2)15(10-12)20-19-14(11-17(23-20)21(24)27-3)13-6-4-5-7-16(13)22-19/h4-10,17,20,22-23H,11H2,1-3H3/p+1/t17-,20-/m1/s1. The van der Waals surface area contributed by atoms with Gasteiger partial charge in [0.2, 0.25) is 0 Å². The van der Waals surface area contributed by atoms with Gasteiger partial charge in [0.05, 0.1) is 32.6 Å². The minimum absolute atomic E-state index is 0.129. The molecule has 0 amide bonds. The normalized spacial score (nSPS) is 18.8. The molecule has 0 unspecified atom stereocenters. The first-order valence-electron chi connectivity index (χ1n) is 8.90. The number of hydrogen-bond acceptors (Lipinski definition) is 4. The molecular formula is C21H23N2O4+. The molecule has 1 aliphatic heterocycles. The number of H-pyrrole nitrogens is 1. The third kappa shape index (κ3) is 2.92. The lowest BCUT2D eigenvalue weighted by Crippen LogP contribution is -2.94. The van der Waals surface area contributed by atoms with Crippen LogP contribution in [0.5, 0.6) is 11.5 Å². The quantitative estimate of drug-likeness (QED) is 0.691. The molecule has 140 valence electrons. The molecule has 2 aromatic carbocycles. The van der Waals surface area contributed by atoms with E-state index in [0.29, 0.717) is 6.42 Å². The number of carbonyl (C=O) groups excluding carboxylic acids is 1. The summed E-state index contributed by atoms with van der Waals surface area (Å²) in [6, 6.07) is 13.5. The van der Waals surface area contributed by atoms with Gasteiger partial charge in [-0.25, -0.2) is 4.79 Å². The van der Waals surface area contributed by atoms with Crippen LogP contribution >= 0.6 is 0 Å². The first-order valence-corrected chi connectivity index (χ1v) is 8.90. The van der Waals surface area contributed by atoms with Gasteiger partial charge in [-0.15, -0.1) is 0 Å². The summed E-state index contributed by atoms with van der Waals surface area (Å²) < 4.78 is 16.1. The number of rotatable bonds is 4. The first kappa shape index (κ1) is 17.4. The second kappa shape index (κ2) is 6.96. The molecule has 0 saturated heterocycles. The molecule has 3 aromatic rings. The van der Waals surface area contributed by atoms with Gasteiger partial charge in [-0.2, -0.15) is 0 Å². The second-order valence-corrected chi connectivity index (χ2v) is 6.67. The van der Waals surface area contributed by atoms with Gasteiger partial charge in [0, 0.05) is 17.3 Å². The molecule has 0 spiro atoms. The minimum atomic E-state index is -0.317. The number of nitrogens with one attached hydrogen (secondary N) is 1. The average Bonchev–Trinajstić information content (AvgIpc) is 3.10. The number of hydrogen-bond donors (Lipinski definition) is 2. The lowest BCUT2D eigenvalue weighted by molar-refractivity contribution is -0.712. The molecule has 27 heavy (non-hydrogen) atoms. The summed E-state index contributed by atoms with van der Waals surface area (Å²) in [6.45, 7) is 0. The fraction of sp³-hybridized carbons (Fsp3) is 0.286. The molecule has 6 heteroatoms. The van der Waals surface area contributed by atoms with Crippen LogP contribution in [0.4, 0.5) is 0 Å². The maximum absolute atomic E-state index is 12.4. The van der Waals surface area contributed by atoms with Crippen molar-refractivity contribution in [1.82, 2.24) is 4.98 Å². The highest BCUT2D eigenvalue weighted by Gasteiger charge is 2.39. The number of esters is 1. The van der Waals surface area contributed by atoms with Crippen LogP contribution in [0.2, 0.25) is 0 Å². The molecular weight excluding hydrogens is 344 g/mol. The van der Waals surface area contributed by atoms with Crippen molar-refractivity contribution in [3.8, 4) is 11.5 Å². The fourth-order valence-corrected chi connectivity index (χ4v) is 3.98. The smallest absolute Gasteiger partial charge is 0.364 e. The first-order chi connectivity index (χ1) is 13.2. The minimum Gasteiger partial charge on any atom is -0.497 e. The summed E-state index contributed by atoms with van der Waals surface area (Å²) in [5, 5.41) is 3.18. The summed E-state index contributed by atoms with van der Waals surface area (Å²) in [7, 11) is 4.72. The Morgan fingerprint density at radius 1 is 1.11 bits per heavy atom. The van der Waals surface area contributed by atoms with Crippen LogP contribution < -0.4 is 14.8 Å². The van der Waals surface area contributed by atoms with E-state index in [1.165, 1.54) is 7.11 Å². The Kier molecular flexibility index (Phi) is 4.49. The summed E-state index contributed by atoms with van der Waals surface area (Å²) in [5.74, 6) is 1.28. The zero-order valence-electron chi connectivity index (χ0n) is 15.6. The largest absolute Gasteiger partial charge is 0.497 e. The van der Waals surface area contributed by atoms with Crippen molar-refractivity contribution < 1.29 is 24.3 Å². The number of methoxy groups -OCH3 is 3. The molecule has 1 aromatic heterocycles. The van der Waals surface area contributed by atoms with Crippen LogP contribution in [0.25, 0.3) is 10.9 Å². The Morgan fingerprint density at radius 3 is 2.67 bits per heavy atom. The average molecular weight is 367 g/mol. The van der Waals surface area contributed by atoms with Crippen LogP contribution in [0.3, 0.4) is 0 Å². The number of benzene rings is 2. The Morgan fingerprint density at radius 2 is 1.93 bits per heavy atom. The van der Waals surface area contributed by atoms with E-state index in [2.05, 4.69) is 17.1 Å². The Hall–Kier alpha value is -2.99. The van der Waals surface area contributed by atoms with Gasteiger partial charge < -0.3 is 24.5 Å². The van der Waals surface area contributed by atoms with Crippen LogP contribution in [0.1, 0.15) is 22.9 Å². The Balaban J connectivity index is 1.91. The van der Waals surface area contributed by atoms with Gasteiger partial charge in [-0.1, -0.05) is 18.2 Å². The van der Waals surface area contributed by atoms with E-state index in [0.717, 1.165) is 39.2 Å². The molecule has 1 aliphatic rings. The summed E-state index contributed by atoms with van der Waals surface area (Å²) in [4.78, 5) is 15.9. The SMILES string of the molecule is COC(=O)[C@H]1Cc2c([nH]c3ccccc23)[C@@H](c2cc(OC)ccc2OC)[NH2+]1. The van der Waals surface area contributed by atoms with Crippen molar-refractivity contribution in [2.75, 3.05) is 21.3 Å². The van der Waals surface area contributed by atoms with Crippen molar-refractivity contribution in [2.24, 2.45) is 0 Å². The molecule has 0 bridgehead atoms. The number of carbonyl (C=O) groups is 1. The van der Waals surface area contributed by atoms with E-state index < -0.39 is 0 Å². The molecule has 0 aliphatic carbocycles. The number of quaternary nitrogens is 1.